The third-order valence-electron chi connectivity index (χ3n) is 4.97. The fourth-order valence-corrected chi connectivity index (χ4v) is 3.63. The van der Waals surface area contributed by atoms with Crippen LogP contribution in [0.25, 0.3) is 0 Å². The highest BCUT2D eigenvalue weighted by molar-refractivity contribution is 5.78. The Labute approximate surface area is 132 Å². The van der Waals surface area contributed by atoms with Gasteiger partial charge in [-0.15, -0.1) is 0 Å². The summed E-state index contributed by atoms with van der Waals surface area (Å²) in [6.45, 7) is 4.14. The number of hydrogen-bond acceptors (Lipinski definition) is 3. The number of amides is 1. The molecule has 1 amide bonds. The maximum atomic E-state index is 12.4. The van der Waals surface area contributed by atoms with Crippen LogP contribution in [0.2, 0.25) is 0 Å². The number of carbonyl (C=O) groups is 1. The first kappa shape index (κ1) is 15.6. The zero-order chi connectivity index (χ0) is 15.2. The molecule has 1 saturated carbocycles. The smallest absolute Gasteiger partial charge is 0.223 e. The van der Waals surface area contributed by atoms with Crippen molar-refractivity contribution in [1.29, 1.82) is 0 Å². The van der Waals surface area contributed by atoms with Crippen molar-refractivity contribution < 1.29 is 18.8 Å². The highest BCUT2D eigenvalue weighted by Crippen LogP contribution is 2.23. The molecule has 3 rings (SSSR count). The molecule has 5 heteroatoms. The fraction of sp³-hybridized carbons (Fsp3) is 0.706. The summed E-state index contributed by atoms with van der Waals surface area (Å²) in [7, 11) is 0. The van der Waals surface area contributed by atoms with Crippen molar-refractivity contribution in [1.82, 2.24) is 5.32 Å². The Hall–Kier alpha value is -1.33. The minimum absolute atomic E-state index is 0.187. The number of carbonyl (C=O) groups excluding carboxylic acids is 1. The van der Waals surface area contributed by atoms with Crippen LogP contribution in [0.4, 0.5) is 0 Å². The van der Waals surface area contributed by atoms with Crippen molar-refractivity contribution in [3.8, 4) is 0 Å². The summed E-state index contributed by atoms with van der Waals surface area (Å²) < 4.78 is 11.1. The molecule has 0 spiro atoms. The summed E-state index contributed by atoms with van der Waals surface area (Å²) in [4.78, 5) is 13.8. The van der Waals surface area contributed by atoms with Crippen LogP contribution in [-0.4, -0.2) is 38.8 Å². The number of nitrogens with one attached hydrogen (secondary N) is 2. The Bertz CT molecular complexity index is 448. The van der Waals surface area contributed by atoms with E-state index in [1.54, 1.807) is 6.26 Å². The highest BCUT2D eigenvalue weighted by Gasteiger charge is 2.30. The minimum atomic E-state index is 0.187. The van der Waals surface area contributed by atoms with Gasteiger partial charge in [0, 0.05) is 5.92 Å². The van der Waals surface area contributed by atoms with E-state index in [1.165, 1.54) is 24.2 Å². The van der Waals surface area contributed by atoms with Crippen LogP contribution in [0.5, 0.6) is 0 Å². The number of hydrogen-bond donors (Lipinski definition) is 2. The Morgan fingerprint density at radius 3 is 2.73 bits per heavy atom. The maximum absolute atomic E-state index is 12.4. The van der Waals surface area contributed by atoms with Crippen molar-refractivity contribution >= 4 is 5.91 Å². The Kier molecular flexibility index (Phi) is 5.51. The van der Waals surface area contributed by atoms with Crippen LogP contribution in [-0.2, 0) is 9.53 Å². The molecular weight excluding hydrogens is 280 g/mol. The van der Waals surface area contributed by atoms with Gasteiger partial charge in [-0.3, -0.25) is 4.79 Å². The molecule has 0 aromatic carbocycles. The lowest BCUT2D eigenvalue weighted by Gasteiger charge is -2.31. The molecule has 2 fully saturated rings. The van der Waals surface area contributed by atoms with Gasteiger partial charge in [-0.05, 0) is 25.0 Å². The molecule has 122 valence electrons. The molecule has 2 N–H and O–H groups in total. The Morgan fingerprint density at radius 1 is 1.27 bits per heavy atom. The van der Waals surface area contributed by atoms with E-state index >= 15 is 0 Å². The minimum Gasteiger partial charge on any atom is -0.463 e. The van der Waals surface area contributed by atoms with Crippen LogP contribution in [0.1, 0.15) is 43.9 Å². The molecule has 2 heterocycles. The second-order valence-corrected chi connectivity index (χ2v) is 6.42. The second-order valence-electron chi connectivity index (χ2n) is 6.42. The zero-order valence-corrected chi connectivity index (χ0v) is 13.2. The number of rotatable bonds is 5. The van der Waals surface area contributed by atoms with Gasteiger partial charge < -0.3 is 19.4 Å². The van der Waals surface area contributed by atoms with Gasteiger partial charge in [-0.2, -0.15) is 0 Å². The summed E-state index contributed by atoms with van der Waals surface area (Å²) >= 11 is 0. The highest BCUT2D eigenvalue weighted by atomic mass is 16.5. The van der Waals surface area contributed by atoms with Crippen molar-refractivity contribution in [2.75, 3.05) is 32.8 Å². The van der Waals surface area contributed by atoms with Gasteiger partial charge in [0.2, 0.25) is 5.91 Å². The van der Waals surface area contributed by atoms with Crippen molar-refractivity contribution in [3.63, 3.8) is 0 Å². The molecule has 5 nitrogen and oxygen atoms in total. The van der Waals surface area contributed by atoms with Gasteiger partial charge in [0.1, 0.15) is 13.1 Å². The monoisotopic (exact) mass is 307 g/mol. The Morgan fingerprint density at radius 2 is 2.05 bits per heavy atom. The SMILES string of the molecule is O=C(NC[C@@H](c1ccco1)[NH+]1CCOCC1)C1CCCCC1. The van der Waals surface area contributed by atoms with E-state index in [0.29, 0.717) is 6.54 Å². The zero-order valence-electron chi connectivity index (χ0n) is 13.2. The maximum Gasteiger partial charge on any atom is 0.223 e. The largest absolute Gasteiger partial charge is 0.463 e. The molecule has 1 saturated heterocycles. The lowest BCUT2D eigenvalue weighted by Crippen LogP contribution is -3.15. The molecule has 0 radical (unpaired) electrons. The topological polar surface area (TPSA) is 55.9 Å². The van der Waals surface area contributed by atoms with E-state index in [1.807, 2.05) is 12.1 Å². The number of furan rings is 1. The Balaban J connectivity index is 1.58. The molecule has 0 bridgehead atoms. The molecule has 1 aromatic heterocycles. The van der Waals surface area contributed by atoms with E-state index in [4.69, 9.17) is 9.15 Å². The molecular formula is C17H27N2O3+. The van der Waals surface area contributed by atoms with Gasteiger partial charge in [0.15, 0.2) is 11.8 Å². The lowest BCUT2D eigenvalue weighted by atomic mass is 9.88. The summed E-state index contributed by atoms with van der Waals surface area (Å²) in [5.74, 6) is 1.40. The van der Waals surface area contributed by atoms with Crippen molar-refractivity contribution in [2.24, 2.45) is 5.92 Å². The molecule has 1 aliphatic carbocycles. The number of quaternary nitrogens is 1. The van der Waals surface area contributed by atoms with E-state index in [0.717, 1.165) is 44.9 Å². The van der Waals surface area contributed by atoms with Gasteiger partial charge in [0.05, 0.1) is 26.0 Å². The first-order valence-electron chi connectivity index (χ1n) is 8.58. The van der Waals surface area contributed by atoms with E-state index in [-0.39, 0.29) is 17.9 Å². The summed E-state index contributed by atoms with van der Waals surface area (Å²) in [6.07, 6.45) is 7.45. The van der Waals surface area contributed by atoms with Crippen LogP contribution in [0.15, 0.2) is 22.8 Å². The average molecular weight is 307 g/mol. The van der Waals surface area contributed by atoms with Gasteiger partial charge in [-0.25, -0.2) is 0 Å². The van der Waals surface area contributed by atoms with Gasteiger partial charge in [0.25, 0.3) is 0 Å². The normalized spacial score (nSPS) is 22.4. The van der Waals surface area contributed by atoms with Crippen LogP contribution in [0.3, 0.4) is 0 Å². The molecule has 22 heavy (non-hydrogen) atoms. The first-order valence-corrected chi connectivity index (χ1v) is 8.58. The summed E-state index contributed by atoms with van der Waals surface area (Å²) in [5, 5.41) is 3.18. The molecule has 0 unspecified atom stereocenters. The first-order chi connectivity index (χ1) is 10.8. The fourth-order valence-electron chi connectivity index (χ4n) is 3.63. The van der Waals surface area contributed by atoms with Crippen molar-refractivity contribution in [3.05, 3.63) is 24.2 Å². The predicted molar refractivity (Wildman–Crippen MR) is 82.5 cm³/mol. The average Bonchev–Trinajstić information content (AvgIpc) is 3.11. The summed E-state index contributed by atoms with van der Waals surface area (Å²) in [5.41, 5.74) is 0. The van der Waals surface area contributed by atoms with E-state index in [9.17, 15) is 4.79 Å². The third-order valence-corrected chi connectivity index (χ3v) is 4.97. The quantitative estimate of drug-likeness (QED) is 0.851. The van der Waals surface area contributed by atoms with Crippen LogP contribution >= 0.6 is 0 Å². The molecule has 1 aliphatic heterocycles. The summed E-state index contributed by atoms with van der Waals surface area (Å²) in [6, 6.07) is 4.12. The molecule has 2 aliphatic rings. The van der Waals surface area contributed by atoms with Gasteiger partial charge >= 0.3 is 0 Å². The lowest BCUT2D eigenvalue weighted by molar-refractivity contribution is -0.938. The second kappa shape index (κ2) is 7.79. The molecule has 1 atom stereocenters. The van der Waals surface area contributed by atoms with Crippen molar-refractivity contribution in [2.45, 2.75) is 38.1 Å². The van der Waals surface area contributed by atoms with Crippen LogP contribution < -0.4 is 10.2 Å². The third kappa shape index (κ3) is 3.90. The standard InChI is InChI=1S/C17H26N2O3/c20-17(14-5-2-1-3-6-14)18-13-15(16-7-4-10-22-16)19-8-11-21-12-9-19/h4,7,10,14-15H,1-3,5-6,8-9,11-13H2,(H,18,20)/p+1/t15-/m0/s1. The molecule has 1 aromatic rings. The number of morpholine rings is 1. The van der Waals surface area contributed by atoms with Crippen LogP contribution in [0, 0.1) is 5.92 Å². The van der Waals surface area contributed by atoms with E-state index < -0.39 is 0 Å². The predicted octanol–water partition coefficient (Wildman–Crippen LogP) is 0.932. The number of ether oxygens (including phenoxy) is 1. The van der Waals surface area contributed by atoms with E-state index in [2.05, 4.69) is 5.32 Å². The van der Waals surface area contributed by atoms with Gasteiger partial charge in [-0.1, -0.05) is 19.3 Å².